The van der Waals surface area contributed by atoms with E-state index in [-0.39, 0.29) is 12.0 Å². The van der Waals surface area contributed by atoms with E-state index >= 15 is 0 Å². The molecule has 0 bridgehead atoms. The van der Waals surface area contributed by atoms with Gasteiger partial charge in [-0.25, -0.2) is 4.98 Å². The number of nitrogens with one attached hydrogen (secondary N) is 1. The van der Waals surface area contributed by atoms with Crippen LogP contribution in [-0.2, 0) is 17.8 Å². The van der Waals surface area contributed by atoms with Gasteiger partial charge in [-0.15, -0.1) is 0 Å². The highest BCUT2D eigenvalue weighted by Gasteiger charge is 2.13. The van der Waals surface area contributed by atoms with E-state index in [1.807, 2.05) is 60.2 Å². The highest BCUT2D eigenvalue weighted by molar-refractivity contribution is 6.30. The number of hydrogen-bond donors (Lipinski definition) is 1. The zero-order valence-corrected chi connectivity index (χ0v) is 16.8. The van der Waals surface area contributed by atoms with E-state index < -0.39 is 0 Å². The first kappa shape index (κ1) is 20.0. The van der Waals surface area contributed by atoms with Gasteiger partial charge in [0.05, 0.1) is 12.9 Å². The number of carbonyl (C=O) groups is 1. The zero-order valence-electron chi connectivity index (χ0n) is 16.1. The Morgan fingerprint density at radius 2 is 2.04 bits per heavy atom. The van der Waals surface area contributed by atoms with Gasteiger partial charge in [0.25, 0.3) is 0 Å². The average Bonchev–Trinajstić information content (AvgIpc) is 3.16. The molecule has 146 valence electrons. The predicted octanol–water partition coefficient (Wildman–Crippen LogP) is 4.88. The summed E-state index contributed by atoms with van der Waals surface area (Å²) in [7, 11) is 0. The topological polar surface area (TPSA) is 56.1 Å². The minimum absolute atomic E-state index is 0.0177. The second-order valence-electron chi connectivity index (χ2n) is 6.82. The van der Waals surface area contributed by atoms with Crippen LogP contribution in [0.1, 0.15) is 24.5 Å². The van der Waals surface area contributed by atoms with E-state index in [0.717, 1.165) is 34.9 Å². The summed E-state index contributed by atoms with van der Waals surface area (Å²) in [6.45, 7) is 4.17. The Balaban J connectivity index is 1.70. The van der Waals surface area contributed by atoms with Gasteiger partial charge in [0.1, 0.15) is 11.9 Å². The maximum atomic E-state index is 11.3. The summed E-state index contributed by atoms with van der Waals surface area (Å²) in [5.41, 5.74) is 2.99. The fraction of sp³-hybridized carbons (Fsp3) is 0.273. The third-order valence-corrected chi connectivity index (χ3v) is 4.71. The molecule has 3 aromatic rings. The van der Waals surface area contributed by atoms with Gasteiger partial charge < -0.3 is 14.6 Å². The largest absolute Gasteiger partial charge is 0.489 e. The molecule has 6 heteroatoms. The van der Waals surface area contributed by atoms with Crippen molar-refractivity contribution in [3.63, 3.8) is 0 Å². The van der Waals surface area contributed by atoms with E-state index in [1.165, 1.54) is 12.5 Å². The standard InChI is InChI=1S/C22H24ClN3O2/c1-16-13-20(9-10-22(16)25-17(2)27)28-21(14-26-12-11-24-15-26)8-5-18-3-6-19(23)7-4-18/h3-4,6-7,9-13,15,21H,5,8,14H2,1-2H3,(H,25,27). The second kappa shape index (κ2) is 9.42. The van der Waals surface area contributed by atoms with Crippen molar-refractivity contribution in [1.82, 2.24) is 9.55 Å². The molecule has 1 aromatic heterocycles. The van der Waals surface area contributed by atoms with Crippen molar-refractivity contribution >= 4 is 23.2 Å². The average molecular weight is 398 g/mol. The molecule has 2 aromatic carbocycles. The lowest BCUT2D eigenvalue weighted by Crippen LogP contribution is -2.23. The van der Waals surface area contributed by atoms with Crippen LogP contribution < -0.4 is 10.1 Å². The molecule has 0 saturated heterocycles. The summed E-state index contributed by atoms with van der Waals surface area (Å²) in [6, 6.07) is 13.6. The van der Waals surface area contributed by atoms with Crippen LogP contribution in [0.5, 0.6) is 5.75 Å². The zero-order chi connectivity index (χ0) is 19.9. The molecule has 0 saturated carbocycles. The molecular formula is C22H24ClN3O2. The monoisotopic (exact) mass is 397 g/mol. The molecule has 0 radical (unpaired) electrons. The van der Waals surface area contributed by atoms with Gasteiger partial charge in [-0.05, 0) is 61.2 Å². The molecule has 1 atom stereocenters. The van der Waals surface area contributed by atoms with Gasteiger partial charge in [0.2, 0.25) is 5.91 Å². The van der Waals surface area contributed by atoms with Crippen molar-refractivity contribution in [2.24, 2.45) is 0 Å². The summed E-state index contributed by atoms with van der Waals surface area (Å²) in [4.78, 5) is 15.4. The number of nitrogens with zero attached hydrogens (tertiary/aromatic N) is 2. The molecule has 0 aliphatic carbocycles. The van der Waals surface area contributed by atoms with Crippen molar-refractivity contribution in [3.8, 4) is 5.75 Å². The Kier molecular flexibility index (Phi) is 6.71. The summed E-state index contributed by atoms with van der Waals surface area (Å²) < 4.78 is 8.31. The fourth-order valence-electron chi connectivity index (χ4n) is 3.03. The number of amides is 1. The number of aryl methyl sites for hydroxylation is 2. The first-order valence-electron chi connectivity index (χ1n) is 9.24. The number of hydrogen-bond acceptors (Lipinski definition) is 3. The van der Waals surface area contributed by atoms with Crippen LogP contribution in [0.4, 0.5) is 5.69 Å². The van der Waals surface area contributed by atoms with Gasteiger partial charge in [0, 0.05) is 30.0 Å². The molecule has 1 amide bonds. The molecule has 3 rings (SSSR count). The van der Waals surface area contributed by atoms with Crippen molar-refractivity contribution in [2.75, 3.05) is 5.32 Å². The second-order valence-corrected chi connectivity index (χ2v) is 7.26. The number of halogens is 1. The van der Waals surface area contributed by atoms with Crippen LogP contribution in [0.25, 0.3) is 0 Å². The molecule has 1 heterocycles. The van der Waals surface area contributed by atoms with Crippen molar-refractivity contribution in [1.29, 1.82) is 0 Å². The lowest BCUT2D eigenvalue weighted by Gasteiger charge is -2.21. The lowest BCUT2D eigenvalue weighted by molar-refractivity contribution is -0.114. The van der Waals surface area contributed by atoms with Crippen molar-refractivity contribution < 1.29 is 9.53 Å². The first-order chi connectivity index (χ1) is 13.5. The van der Waals surface area contributed by atoms with Gasteiger partial charge in [-0.3, -0.25) is 4.79 Å². The van der Waals surface area contributed by atoms with Crippen LogP contribution in [-0.4, -0.2) is 21.6 Å². The highest BCUT2D eigenvalue weighted by Crippen LogP contribution is 2.24. The maximum Gasteiger partial charge on any atom is 0.221 e. The Labute approximate surface area is 170 Å². The first-order valence-corrected chi connectivity index (χ1v) is 9.62. The number of imidazole rings is 1. The van der Waals surface area contributed by atoms with Crippen LogP contribution in [0.15, 0.2) is 61.2 Å². The molecular weight excluding hydrogens is 374 g/mol. The third-order valence-electron chi connectivity index (χ3n) is 4.45. The highest BCUT2D eigenvalue weighted by atomic mass is 35.5. The van der Waals surface area contributed by atoms with Crippen LogP contribution in [0.3, 0.4) is 0 Å². The third kappa shape index (κ3) is 5.86. The molecule has 0 aliphatic rings. The van der Waals surface area contributed by atoms with E-state index in [2.05, 4.69) is 10.3 Å². The quantitative estimate of drug-likeness (QED) is 0.589. The maximum absolute atomic E-state index is 11.3. The Bertz CT molecular complexity index is 908. The van der Waals surface area contributed by atoms with Crippen molar-refractivity contribution in [3.05, 3.63) is 77.3 Å². The predicted molar refractivity (Wildman–Crippen MR) is 112 cm³/mol. The number of carbonyl (C=O) groups excluding carboxylic acids is 1. The molecule has 0 spiro atoms. The normalized spacial score (nSPS) is 11.8. The minimum atomic E-state index is -0.0854. The van der Waals surface area contributed by atoms with Crippen LogP contribution in [0, 0.1) is 6.92 Å². The Morgan fingerprint density at radius 3 is 2.68 bits per heavy atom. The van der Waals surface area contributed by atoms with Gasteiger partial charge in [-0.2, -0.15) is 0 Å². The minimum Gasteiger partial charge on any atom is -0.489 e. The summed E-state index contributed by atoms with van der Waals surface area (Å²) in [5, 5.41) is 3.56. The van der Waals surface area contributed by atoms with E-state index in [9.17, 15) is 4.79 Å². The molecule has 1 unspecified atom stereocenters. The van der Waals surface area contributed by atoms with Gasteiger partial charge in [-0.1, -0.05) is 23.7 Å². The number of benzene rings is 2. The fourth-order valence-corrected chi connectivity index (χ4v) is 3.15. The van der Waals surface area contributed by atoms with Crippen LogP contribution in [0.2, 0.25) is 5.02 Å². The van der Waals surface area contributed by atoms with E-state index in [4.69, 9.17) is 16.3 Å². The smallest absolute Gasteiger partial charge is 0.221 e. The van der Waals surface area contributed by atoms with Gasteiger partial charge >= 0.3 is 0 Å². The molecule has 0 fully saturated rings. The lowest BCUT2D eigenvalue weighted by atomic mass is 10.1. The number of ether oxygens (including phenoxy) is 1. The number of anilines is 1. The number of aromatic nitrogens is 2. The Hall–Kier alpha value is -2.79. The SMILES string of the molecule is CC(=O)Nc1ccc(OC(CCc2ccc(Cl)cc2)Cn2ccnc2)cc1C. The Morgan fingerprint density at radius 1 is 1.25 bits per heavy atom. The number of rotatable bonds is 8. The molecule has 0 aliphatic heterocycles. The van der Waals surface area contributed by atoms with E-state index in [0.29, 0.717) is 6.54 Å². The molecule has 5 nitrogen and oxygen atoms in total. The van der Waals surface area contributed by atoms with Crippen LogP contribution >= 0.6 is 11.6 Å². The summed E-state index contributed by atoms with van der Waals surface area (Å²) in [5.74, 6) is 0.700. The summed E-state index contributed by atoms with van der Waals surface area (Å²) in [6.07, 6.45) is 7.22. The summed E-state index contributed by atoms with van der Waals surface area (Å²) >= 11 is 5.97. The van der Waals surface area contributed by atoms with E-state index in [1.54, 1.807) is 12.5 Å². The molecule has 28 heavy (non-hydrogen) atoms. The van der Waals surface area contributed by atoms with Gasteiger partial charge in [0.15, 0.2) is 0 Å². The molecule has 1 N–H and O–H groups in total. The van der Waals surface area contributed by atoms with Crippen molar-refractivity contribution in [2.45, 2.75) is 39.3 Å².